The number of thioether (sulfide) groups is 1. The molecule has 0 saturated carbocycles. The van der Waals surface area contributed by atoms with Gasteiger partial charge < -0.3 is 15.0 Å². The summed E-state index contributed by atoms with van der Waals surface area (Å²) >= 11 is 6.72. The average Bonchev–Trinajstić information content (AvgIpc) is 3.22. The summed E-state index contributed by atoms with van der Waals surface area (Å²) in [5.41, 5.74) is 2.03. The number of aromatic nitrogens is 1. The highest BCUT2D eigenvalue weighted by Crippen LogP contribution is 2.40. The molecule has 1 amide bonds. The number of amides is 1. The number of thiophene rings is 1. The fourth-order valence-corrected chi connectivity index (χ4v) is 5.32. The zero-order valence-electron chi connectivity index (χ0n) is 15.1. The maximum Gasteiger partial charge on any atom is 0.261 e. The van der Waals surface area contributed by atoms with Crippen LogP contribution in [-0.2, 0) is 6.54 Å². The zero-order valence-corrected chi connectivity index (χ0v) is 18.4. The van der Waals surface area contributed by atoms with Crippen LogP contribution in [0.4, 0.5) is 10.7 Å². The third-order valence-electron chi connectivity index (χ3n) is 4.36. The molecule has 8 heteroatoms. The molecule has 4 rings (SSSR count). The summed E-state index contributed by atoms with van der Waals surface area (Å²) in [4.78, 5) is 20.0. The van der Waals surface area contributed by atoms with Crippen molar-refractivity contribution in [1.29, 1.82) is 0 Å². The molecule has 5 nitrogen and oxygen atoms in total. The lowest BCUT2D eigenvalue weighted by Gasteiger charge is -2.28. The minimum absolute atomic E-state index is 0.0870. The van der Waals surface area contributed by atoms with E-state index < -0.39 is 0 Å². The molecular weight excluding hydrogens is 458 g/mol. The maximum atomic E-state index is 12.7. The monoisotopic (exact) mass is 475 g/mol. The topological polar surface area (TPSA) is 54.5 Å². The minimum Gasteiger partial charge on any atom is -0.496 e. The molecule has 2 aromatic heterocycles. The minimum atomic E-state index is -0.0870. The molecule has 144 valence electrons. The highest BCUT2D eigenvalue weighted by atomic mass is 79.9. The summed E-state index contributed by atoms with van der Waals surface area (Å²) in [6.07, 6.45) is 1.82. The van der Waals surface area contributed by atoms with Crippen LogP contribution in [0.15, 0.2) is 58.2 Å². The molecule has 0 spiro atoms. The average molecular weight is 476 g/mol. The van der Waals surface area contributed by atoms with Crippen molar-refractivity contribution in [3.63, 3.8) is 0 Å². The quantitative estimate of drug-likeness (QED) is 0.556. The number of methoxy groups -OCH3 is 1. The molecule has 3 aromatic rings. The van der Waals surface area contributed by atoms with Gasteiger partial charge in [0.2, 0.25) is 0 Å². The molecule has 1 N–H and O–H groups in total. The van der Waals surface area contributed by atoms with Gasteiger partial charge in [0, 0.05) is 35.1 Å². The highest BCUT2D eigenvalue weighted by Gasteiger charge is 2.21. The highest BCUT2D eigenvalue weighted by molar-refractivity contribution is 9.10. The Hall–Kier alpha value is -2.03. The van der Waals surface area contributed by atoms with E-state index in [4.69, 9.17) is 4.74 Å². The van der Waals surface area contributed by atoms with Crippen LogP contribution in [0.25, 0.3) is 0 Å². The molecule has 0 unspecified atom stereocenters. The number of fused-ring (bicyclic) bond motifs is 1. The van der Waals surface area contributed by atoms with Gasteiger partial charge in [-0.05, 0) is 42.5 Å². The van der Waals surface area contributed by atoms with Crippen molar-refractivity contribution in [2.45, 2.75) is 11.6 Å². The van der Waals surface area contributed by atoms with Crippen LogP contribution in [0, 0.1) is 0 Å². The number of pyridine rings is 1. The lowest BCUT2D eigenvalue weighted by Crippen LogP contribution is -2.24. The number of hydrogen-bond donors (Lipinski definition) is 1. The number of carbonyl (C=O) groups excluding carboxylic acids is 1. The lowest BCUT2D eigenvalue weighted by atomic mass is 10.2. The molecule has 0 bridgehead atoms. The third-order valence-corrected chi connectivity index (χ3v) is 6.93. The first kappa shape index (κ1) is 19.3. The Morgan fingerprint density at radius 2 is 2.21 bits per heavy atom. The summed E-state index contributed by atoms with van der Waals surface area (Å²) in [6.45, 7) is 1.31. The molecule has 0 radical (unpaired) electrons. The second kappa shape index (κ2) is 8.55. The number of anilines is 2. The molecule has 1 aromatic carbocycles. The fourth-order valence-electron chi connectivity index (χ4n) is 3.02. The lowest BCUT2D eigenvalue weighted by molar-refractivity contribution is 0.0954. The summed E-state index contributed by atoms with van der Waals surface area (Å²) in [7, 11) is 1.63. The Morgan fingerprint density at radius 1 is 1.32 bits per heavy atom. The first-order chi connectivity index (χ1) is 13.7. The van der Waals surface area contributed by atoms with Gasteiger partial charge in [-0.15, -0.1) is 23.1 Å². The summed E-state index contributed by atoms with van der Waals surface area (Å²) in [6, 6.07) is 13.7. The molecular formula is C20H18BrN3O2S2. The Bertz CT molecular complexity index is 1010. The van der Waals surface area contributed by atoms with Crippen molar-refractivity contribution in [2.24, 2.45) is 0 Å². The largest absolute Gasteiger partial charge is 0.496 e. The number of hydrogen-bond acceptors (Lipinski definition) is 6. The number of nitrogens with one attached hydrogen (secondary N) is 1. The molecule has 1 aliphatic heterocycles. The Balaban J connectivity index is 1.48. The van der Waals surface area contributed by atoms with Crippen molar-refractivity contribution in [2.75, 3.05) is 24.3 Å². The number of ether oxygens (including phenoxy) is 1. The number of halogens is 1. The molecule has 28 heavy (non-hydrogen) atoms. The summed E-state index contributed by atoms with van der Waals surface area (Å²) in [5, 5.41) is 5.08. The van der Waals surface area contributed by atoms with E-state index in [-0.39, 0.29) is 5.91 Å². The smallest absolute Gasteiger partial charge is 0.261 e. The Kier molecular flexibility index (Phi) is 5.89. The Labute approximate surface area is 180 Å². The van der Waals surface area contributed by atoms with Gasteiger partial charge in [0.15, 0.2) is 0 Å². The third kappa shape index (κ3) is 4.04. The zero-order chi connectivity index (χ0) is 19.5. The first-order valence-electron chi connectivity index (χ1n) is 8.71. The van der Waals surface area contributed by atoms with E-state index in [1.54, 1.807) is 18.9 Å². The maximum absolute atomic E-state index is 12.7. The fraction of sp³-hybridized carbons (Fsp3) is 0.200. The second-order valence-corrected chi connectivity index (χ2v) is 9.17. The predicted octanol–water partition coefficient (Wildman–Crippen LogP) is 5.09. The molecule has 1 aliphatic rings. The van der Waals surface area contributed by atoms with Crippen molar-refractivity contribution in [3.8, 4) is 5.75 Å². The number of rotatable bonds is 5. The molecule has 3 heterocycles. The van der Waals surface area contributed by atoms with E-state index in [0.29, 0.717) is 11.4 Å². The van der Waals surface area contributed by atoms with Crippen LogP contribution >= 0.6 is 39.0 Å². The van der Waals surface area contributed by atoms with Crippen LogP contribution in [0.2, 0.25) is 0 Å². The normalized spacial score (nSPS) is 13.1. The van der Waals surface area contributed by atoms with Gasteiger partial charge >= 0.3 is 0 Å². The SMILES string of the molecule is COc1ccc(Br)cc1CNC(=O)c1ccc(N2CCSc3ncccc32)s1. The van der Waals surface area contributed by atoms with Crippen molar-refractivity contribution >= 4 is 55.6 Å². The van der Waals surface area contributed by atoms with Gasteiger partial charge in [-0.1, -0.05) is 15.9 Å². The second-order valence-electron chi connectivity index (χ2n) is 6.10. The van der Waals surface area contributed by atoms with Gasteiger partial charge in [0.25, 0.3) is 5.91 Å². The first-order valence-corrected chi connectivity index (χ1v) is 11.3. The van der Waals surface area contributed by atoms with Gasteiger partial charge in [0.1, 0.15) is 10.8 Å². The van der Waals surface area contributed by atoms with E-state index in [9.17, 15) is 4.79 Å². The van der Waals surface area contributed by atoms with E-state index in [1.807, 2.05) is 42.6 Å². The van der Waals surface area contributed by atoms with E-state index in [2.05, 4.69) is 37.2 Å². The van der Waals surface area contributed by atoms with Crippen molar-refractivity contribution in [3.05, 3.63) is 63.6 Å². The van der Waals surface area contributed by atoms with Crippen LogP contribution in [-0.4, -0.2) is 30.3 Å². The van der Waals surface area contributed by atoms with Gasteiger partial charge in [-0.2, -0.15) is 0 Å². The number of benzene rings is 1. The predicted molar refractivity (Wildman–Crippen MR) is 118 cm³/mol. The molecule has 0 atom stereocenters. The van der Waals surface area contributed by atoms with E-state index in [0.717, 1.165) is 43.8 Å². The summed E-state index contributed by atoms with van der Waals surface area (Å²) in [5.74, 6) is 1.65. The Morgan fingerprint density at radius 3 is 3.07 bits per heavy atom. The van der Waals surface area contributed by atoms with E-state index in [1.165, 1.54) is 11.3 Å². The molecule has 0 aliphatic carbocycles. The van der Waals surface area contributed by atoms with Gasteiger partial charge in [0.05, 0.1) is 22.7 Å². The molecule has 0 saturated heterocycles. The molecule has 0 fully saturated rings. The van der Waals surface area contributed by atoms with Crippen LogP contribution in [0.1, 0.15) is 15.2 Å². The standard InChI is InChI=1S/C20H18BrN3O2S2/c1-26-16-5-4-14(21)11-13(16)12-23-19(25)17-6-7-18(28-17)24-9-10-27-20-15(24)3-2-8-22-20/h2-8,11H,9-10,12H2,1H3,(H,23,25). The van der Waals surface area contributed by atoms with Gasteiger partial charge in [-0.3, -0.25) is 4.79 Å². The van der Waals surface area contributed by atoms with E-state index >= 15 is 0 Å². The summed E-state index contributed by atoms with van der Waals surface area (Å²) < 4.78 is 6.32. The van der Waals surface area contributed by atoms with Crippen LogP contribution in [0.5, 0.6) is 5.75 Å². The number of carbonyl (C=O) groups is 1. The number of nitrogens with zero attached hydrogens (tertiary/aromatic N) is 2. The van der Waals surface area contributed by atoms with Crippen molar-refractivity contribution < 1.29 is 9.53 Å². The van der Waals surface area contributed by atoms with Gasteiger partial charge in [-0.25, -0.2) is 4.98 Å². The van der Waals surface area contributed by atoms with Crippen LogP contribution in [0.3, 0.4) is 0 Å². The van der Waals surface area contributed by atoms with Crippen molar-refractivity contribution in [1.82, 2.24) is 10.3 Å². The van der Waals surface area contributed by atoms with Crippen LogP contribution < -0.4 is 15.0 Å².